The molecule has 4 N–H and O–H groups in total. The number of aliphatic hydroxyl groups is 2. The summed E-state index contributed by atoms with van der Waals surface area (Å²) < 4.78 is 19.0. The molecule has 2 amide bonds. The summed E-state index contributed by atoms with van der Waals surface area (Å²) in [5.74, 6) is -0.0821. The Balaban J connectivity index is 1.05. The lowest BCUT2D eigenvalue weighted by molar-refractivity contribution is -0.123. The van der Waals surface area contributed by atoms with Crippen molar-refractivity contribution < 1.29 is 43.6 Å². The largest absolute Gasteiger partial charge is 0.490 e. The van der Waals surface area contributed by atoms with E-state index in [1.807, 2.05) is 38.1 Å². The van der Waals surface area contributed by atoms with E-state index in [2.05, 4.69) is 41.3 Å². The molecule has 4 aromatic rings. The maximum Gasteiger partial charge on any atom is 0.341 e. The molecule has 0 aromatic heterocycles. The number of likely N-dealkylation sites (N-methyl/N-ethyl adjacent to an activating group) is 1. The van der Waals surface area contributed by atoms with Gasteiger partial charge in [0.05, 0.1) is 47.4 Å². The van der Waals surface area contributed by atoms with Gasteiger partial charge in [-0.15, -0.1) is 0 Å². The molecule has 1 atom stereocenters. The van der Waals surface area contributed by atoms with Gasteiger partial charge in [-0.25, -0.2) is 4.79 Å². The number of esters is 1. The van der Waals surface area contributed by atoms with E-state index in [0.717, 1.165) is 61.3 Å². The first kappa shape index (κ1) is 47.9. The van der Waals surface area contributed by atoms with Crippen molar-refractivity contribution >= 4 is 46.8 Å². The number of aliphatic hydroxyl groups excluding tert-OH is 2. The van der Waals surface area contributed by atoms with E-state index in [0.29, 0.717) is 76.6 Å². The van der Waals surface area contributed by atoms with E-state index in [1.54, 1.807) is 19.1 Å². The van der Waals surface area contributed by atoms with Crippen molar-refractivity contribution in [3.63, 3.8) is 0 Å². The number of nitrogens with zero attached hydrogens (tertiary/aromatic N) is 2. The second-order valence-electron chi connectivity index (χ2n) is 17.3. The van der Waals surface area contributed by atoms with Gasteiger partial charge in [-0.05, 0) is 128 Å². The molecule has 1 unspecified atom stereocenters. The number of ketones is 1. The highest BCUT2D eigenvalue weighted by atomic mass is 35.5. The van der Waals surface area contributed by atoms with Crippen LogP contribution >= 0.6 is 23.2 Å². The first-order valence-corrected chi connectivity index (χ1v) is 23.1. The van der Waals surface area contributed by atoms with Crippen molar-refractivity contribution in [3.8, 4) is 17.2 Å². The van der Waals surface area contributed by atoms with Gasteiger partial charge in [-0.3, -0.25) is 19.3 Å². The molecule has 0 aliphatic carbocycles. The van der Waals surface area contributed by atoms with Gasteiger partial charge in [-0.2, -0.15) is 0 Å². The van der Waals surface area contributed by atoms with Crippen molar-refractivity contribution in [2.24, 2.45) is 0 Å². The third-order valence-corrected chi connectivity index (χ3v) is 13.5. The van der Waals surface area contributed by atoms with E-state index in [-0.39, 0.29) is 45.8 Å². The van der Waals surface area contributed by atoms with Crippen LogP contribution in [0.4, 0.5) is 0 Å². The van der Waals surface area contributed by atoms with Crippen LogP contribution in [0.5, 0.6) is 17.2 Å². The van der Waals surface area contributed by atoms with Crippen LogP contribution in [0.25, 0.3) is 0 Å². The lowest BCUT2D eigenvalue weighted by Crippen LogP contribution is -2.46. The zero-order chi connectivity index (χ0) is 46.7. The van der Waals surface area contributed by atoms with Crippen molar-refractivity contribution in [3.05, 3.63) is 119 Å². The Morgan fingerprint density at radius 1 is 0.862 bits per heavy atom. The highest BCUT2D eigenvalue weighted by Crippen LogP contribution is 2.59. The number of piperazine rings is 1. The van der Waals surface area contributed by atoms with Crippen LogP contribution in [0.1, 0.15) is 116 Å². The monoisotopic (exact) mass is 928 g/mol. The van der Waals surface area contributed by atoms with Crippen LogP contribution < -0.4 is 20.1 Å². The number of benzene rings is 4. The number of Topliss-reactive ketones (excluding diaryl/α,β-unsaturated/α-hetero) is 1. The number of rotatable bonds is 17. The second kappa shape index (κ2) is 20.2. The van der Waals surface area contributed by atoms with E-state index >= 15 is 0 Å². The van der Waals surface area contributed by atoms with Gasteiger partial charge in [-0.1, -0.05) is 37.0 Å². The molecule has 3 heterocycles. The number of nitrogens with one attached hydrogen (secondary N) is 2. The van der Waals surface area contributed by atoms with Gasteiger partial charge >= 0.3 is 5.97 Å². The number of ether oxygens (including phenoxy) is 3. The van der Waals surface area contributed by atoms with Gasteiger partial charge in [0.2, 0.25) is 5.91 Å². The number of halogens is 2. The van der Waals surface area contributed by atoms with Crippen LogP contribution in [0.15, 0.2) is 42.5 Å². The van der Waals surface area contributed by atoms with Crippen LogP contribution in [0.2, 0.25) is 10.0 Å². The average Bonchev–Trinajstić information content (AvgIpc) is 3.60. The molecule has 65 heavy (non-hydrogen) atoms. The Labute approximate surface area is 390 Å². The van der Waals surface area contributed by atoms with Crippen LogP contribution in [-0.4, -0.2) is 96.0 Å². The highest BCUT2D eigenvalue weighted by molar-refractivity contribution is 6.39. The van der Waals surface area contributed by atoms with E-state index in [9.17, 15) is 29.4 Å². The summed E-state index contributed by atoms with van der Waals surface area (Å²) in [6.07, 6.45) is 1.94. The molecular weight excluding hydrogens is 871 g/mol. The minimum Gasteiger partial charge on any atom is -0.490 e. The maximum absolute atomic E-state index is 14.1. The fraction of sp³-hybridized carbons (Fsp3) is 0.440. The molecule has 4 aromatic carbocycles. The van der Waals surface area contributed by atoms with E-state index in [4.69, 9.17) is 37.4 Å². The Hall–Kier alpha value is -5.02. The predicted octanol–water partition coefficient (Wildman–Crippen LogP) is 7.09. The summed E-state index contributed by atoms with van der Waals surface area (Å²) >= 11 is 14.2. The summed E-state index contributed by atoms with van der Waals surface area (Å²) in [5, 5.41) is 26.5. The average molecular weight is 930 g/mol. The molecule has 0 saturated carbocycles. The molecule has 0 bridgehead atoms. The number of carbonyl (C=O) groups is 4. The molecule has 1 spiro atoms. The van der Waals surface area contributed by atoms with Gasteiger partial charge in [0.15, 0.2) is 5.60 Å². The smallest absolute Gasteiger partial charge is 0.341 e. The first-order valence-electron chi connectivity index (χ1n) is 22.3. The van der Waals surface area contributed by atoms with Gasteiger partial charge in [0, 0.05) is 62.4 Å². The normalized spacial score (nSPS) is 15.7. The molecule has 13 nitrogen and oxygen atoms in total. The Bertz CT molecular complexity index is 2430. The lowest BCUT2D eigenvalue weighted by atomic mass is 9.75. The first-order chi connectivity index (χ1) is 31.1. The molecule has 3 aliphatic heterocycles. The van der Waals surface area contributed by atoms with E-state index < -0.39 is 36.8 Å². The fourth-order valence-electron chi connectivity index (χ4n) is 9.21. The molecule has 3 aliphatic rings. The minimum absolute atomic E-state index is 0.0271. The molecule has 1 saturated heterocycles. The third-order valence-electron chi connectivity index (χ3n) is 12.8. The second-order valence-corrected chi connectivity index (χ2v) is 18.1. The molecular formula is C50H58Cl2N4O9. The molecule has 1 fully saturated rings. The number of fused-ring (bicyclic) bond motifs is 6. The SMILES string of the molecule is CCc1cc2c(cc1C)C1(OC(=O)c3c(Cl)c(C(=O)NCc4c(CO)cc(OC(C)CC(=O)NCCCC(=O)CN5CCN(C)CC5)cc4CO)cc(Cl)c31)c1cc(C)c(CC)cc1O2. The van der Waals surface area contributed by atoms with Crippen molar-refractivity contribution in [1.29, 1.82) is 0 Å². The summed E-state index contributed by atoms with van der Waals surface area (Å²) in [4.78, 5) is 57.7. The highest BCUT2D eigenvalue weighted by Gasteiger charge is 2.56. The quantitative estimate of drug-likeness (QED) is 0.0631. The summed E-state index contributed by atoms with van der Waals surface area (Å²) in [5.41, 5.74) is 5.24. The Morgan fingerprint density at radius 2 is 1.46 bits per heavy atom. The number of amides is 2. The van der Waals surface area contributed by atoms with Crippen molar-refractivity contribution in [2.75, 3.05) is 46.3 Å². The summed E-state index contributed by atoms with van der Waals surface area (Å²) in [6, 6.07) is 12.5. The fourth-order valence-corrected chi connectivity index (χ4v) is 9.86. The summed E-state index contributed by atoms with van der Waals surface area (Å²) in [6.45, 7) is 13.3. The van der Waals surface area contributed by atoms with Crippen molar-refractivity contribution in [2.45, 2.75) is 98.2 Å². The van der Waals surface area contributed by atoms with E-state index in [1.165, 1.54) is 6.07 Å². The number of hydrogen-bond donors (Lipinski definition) is 4. The maximum atomic E-state index is 14.1. The van der Waals surface area contributed by atoms with Crippen LogP contribution in [-0.2, 0) is 52.5 Å². The molecule has 7 rings (SSSR count). The Kier molecular flexibility index (Phi) is 14.9. The van der Waals surface area contributed by atoms with Gasteiger partial charge in [0.25, 0.3) is 5.91 Å². The molecule has 0 radical (unpaired) electrons. The Morgan fingerprint density at radius 3 is 2.03 bits per heavy atom. The number of aryl methyl sites for hydroxylation is 4. The topological polar surface area (TPSA) is 167 Å². The molecule has 15 heteroatoms. The van der Waals surface area contributed by atoms with Crippen molar-refractivity contribution in [1.82, 2.24) is 20.4 Å². The predicted molar refractivity (Wildman–Crippen MR) is 248 cm³/mol. The number of hydrogen-bond acceptors (Lipinski definition) is 11. The standard InChI is InChI=1S/C50H58Cl2N4O9/c1-7-31-21-42-39(16-28(31)3)50(40-17-29(4)32(8-2)22-43(40)64-42)46-41(51)23-37(47(52)45(46)49(62)65-50)48(61)54-24-38-33(26-57)19-36(20-34(38)27-58)63-30(5)18-44(60)53-11-9-10-35(59)25-56-14-12-55(6)13-15-56/h16-17,19-23,30,57-58H,7-15,18,24-27H2,1-6H3,(H,53,60)(H,54,61). The summed E-state index contributed by atoms with van der Waals surface area (Å²) in [7, 11) is 2.07. The minimum atomic E-state index is -1.51. The number of carbonyl (C=O) groups excluding carboxylic acids is 4. The van der Waals surface area contributed by atoms with Crippen LogP contribution in [0.3, 0.4) is 0 Å². The zero-order valence-electron chi connectivity index (χ0n) is 37.9. The van der Waals surface area contributed by atoms with Gasteiger partial charge < -0.3 is 40.0 Å². The zero-order valence-corrected chi connectivity index (χ0v) is 39.4. The lowest BCUT2D eigenvalue weighted by Gasteiger charge is -2.38. The third kappa shape index (κ3) is 9.77. The molecule has 346 valence electrons. The van der Waals surface area contributed by atoms with Crippen LogP contribution in [0, 0.1) is 13.8 Å². The van der Waals surface area contributed by atoms with Gasteiger partial charge in [0.1, 0.15) is 29.1 Å².